The van der Waals surface area contributed by atoms with Gasteiger partial charge in [-0.05, 0) is 108 Å². The number of urea groups is 1. The second-order valence-corrected chi connectivity index (χ2v) is 11.0. The number of sulfonamides is 1. The molecular weight excluding hydrogens is 496 g/mol. The van der Waals surface area contributed by atoms with Crippen LogP contribution < -0.4 is 19.4 Å². The first-order chi connectivity index (χ1) is 18.1. The van der Waals surface area contributed by atoms with Crippen molar-refractivity contribution in [2.24, 2.45) is 0 Å². The minimum absolute atomic E-state index is 0.0404. The fourth-order valence-electron chi connectivity index (χ4n) is 4.64. The van der Waals surface area contributed by atoms with Gasteiger partial charge in [0.15, 0.2) is 0 Å². The van der Waals surface area contributed by atoms with Crippen LogP contribution in [0.1, 0.15) is 44.4 Å². The highest BCUT2D eigenvalue weighted by Crippen LogP contribution is 2.35. The van der Waals surface area contributed by atoms with Crippen LogP contribution in [0.5, 0.6) is 0 Å². The van der Waals surface area contributed by atoms with Crippen LogP contribution in [0.3, 0.4) is 0 Å². The molecule has 0 saturated heterocycles. The monoisotopic (exact) mass is 536 g/mol. The lowest BCUT2D eigenvalue weighted by atomic mass is 10.1. The summed E-state index contributed by atoms with van der Waals surface area (Å²) in [5.41, 5.74) is 6.01. The Morgan fingerprint density at radius 3 is 1.47 bits per heavy atom. The second-order valence-electron chi connectivity index (χ2n) is 9.35. The lowest BCUT2D eigenvalue weighted by Gasteiger charge is -2.29. The first kappa shape index (κ1) is 29.0. The van der Waals surface area contributed by atoms with Crippen molar-refractivity contribution >= 4 is 38.8 Å². The third kappa shape index (κ3) is 6.30. The highest BCUT2D eigenvalue weighted by Gasteiger charge is 2.27. The molecular formula is C30H40N4O3S. The van der Waals surface area contributed by atoms with Gasteiger partial charge in [-0.1, -0.05) is 17.7 Å². The summed E-state index contributed by atoms with van der Waals surface area (Å²) in [7, 11) is -4.08. The Balaban J connectivity index is 2.11. The van der Waals surface area contributed by atoms with Gasteiger partial charge in [0.05, 0.1) is 16.3 Å². The van der Waals surface area contributed by atoms with Gasteiger partial charge in [0.25, 0.3) is 10.0 Å². The molecule has 0 heterocycles. The van der Waals surface area contributed by atoms with Crippen molar-refractivity contribution < 1.29 is 13.2 Å². The fraction of sp³-hybridized carbons (Fsp3) is 0.367. The summed E-state index contributed by atoms with van der Waals surface area (Å²) in [6, 6.07) is 17.5. The van der Waals surface area contributed by atoms with Gasteiger partial charge in [0, 0.05) is 37.6 Å². The fourth-order valence-corrected chi connectivity index (χ4v) is 5.57. The first-order valence-corrected chi connectivity index (χ1v) is 14.7. The Bertz CT molecular complexity index is 1300. The Kier molecular flexibility index (Phi) is 9.44. The Morgan fingerprint density at radius 2 is 1.11 bits per heavy atom. The van der Waals surface area contributed by atoms with E-state index in [2.05, 4.69) is 42.2 Å². The van der Waals surface area contributed by atoms with E-state index in [0.717, 1.165) is 54.2 Å². The highest BCUT2D eigenvalue weighted by atomic mass is 32.2. The average molecular weight is 537 g/mol. The smallest absolute Gasteiger partial charge is 0.340 e. The number of hydrogen-bond acceptors (Lipinski definition) is 5. The number of benzene rings is 3. The summed E-state index contributed by atoms with van der Waals surface area (Å²) in [6.07, 6.45) is 0. The number of rotatable bonds is 10. The number of hydrogen-bond donors (Lipinski definition) is 1. The molecule has 3 aromatic rings. The zero-order valence-electron chi connectivity index (χ0n) is 23.6. The van der Waals surface area contributed by atoms with Crippen molar-refractivity contribution in [3.63, 3.8) is 0 Å². The standard InChI is InChI=1S/C30H40N4O3S/c1-8-32(9-2)25-14-18-28(23(6)20-25)34(29-19-15-26(21-24(29)7)33(10-3)11-4)30(35)31-38(36,37)27-16-12-22(5)13-17-27/h12-21H,8-11H2,1-7H3,(H,31,35). The lowest BCUT2D eigenvalue weighted by molar-refractivity contribution is 0.253. The maximum absolute atomic E-state index is 13.8. The van der Waals surface area contributed by atoms with Gasteiger partial charge in [-0.15, -0.1) is 0 Å². The normalized spacial score (nSPS) is 11.2. The molecule has 0 aliphatic carbocycles. The molecule has 0 aliphatic rings. The van der Waals surface area contributed by atoms with Gasteiger partial charge in [-0.2, -0.15) is 0 Å². The molecule has 0 radical (unpaired) electrons. The van der Waals surface area contributed by atoms with Crippen LogP contribution >= 0.6 is 0 Å². The van der Waals surface area contributed by atoms with E-state index in [0.29, 0.717) is 11.4 Å². The molecule has 3 rings (SSSR count). The van der Waals surface area contributed by atoms with Gasteiger partial charge in [-0.25, -0.2) is 17.9 Å². The third-order valence-corrected chi connectivity index (χ3v) is 8.19. The number of carbonyl (C=O) groups excluding carboxylic acids is 1. The van der Waals surface area contributed by atoms with E-state index in [1.807, 2.05) is 57.2 Å². The maximum Gasteiger partial charge on any atom is 0.340 e. The van der Waals surface area contributed by atoms with Crippen LogP contribution in [0.2, 0.25) is 0 Å². The summed E-state index contributed by atoms with van der Waals surface area (Å²) >= 11 is 0. The number of nitrogens with zero attached hydrogens (tertiary/aromatic N) is 3. The summed E-state index contributed by atoms with van der Waals surface area (Å²) in [5, 5.41) is 0. The van der Waals surface area contributed by atoms with Crippen LogP contribution in [0.4, 0.5) is 27.5 Å². The van der Waals surface area contributed by atoms with Crippen molar-refractivity contribution in [3.05, 3.63) is 77.4 Å². The molecule has 204 valence electrons. The maximum atomic E-state index is 13.8. The van der Waals surface area contributed by atoms with Crippen LogP contribution in [-0.2, 0) is 10.0 Å². The predicted octanol–water partition coefficient (Wildman–Crippen LogP) is 6.54. The van der Waals surface area contributed by atoms with Gasteiger partial charge in [0.1, 0.15) is 0 Å². The molecule has 0 bridgehead atoms. The second kappa shape index (κ2) is 12.3. The number of anilines is 4. The van der Waals surface area contributed by atoms with Crippen molar-refractivity contribution in [2.45, 2.75) is 53.4 Å². The van der Waals surface area contributed by atoms with E-state index >= 15 is 0 Å². The molecule has 0 aromatic heterocycles. The molecule has 7 nitrogen and oxygen atoms in total. The van der Waals surface area contributed by atoms with Crippen molar-refractivity contribution in [3.8, 4) is 0 Å². The quantitative estimate of drug-likeness (QED) is 0.318. The van der Waals surface area contributed by atoms with Crippen LogP contribution in [0.15, 0.2) is 65.6 Å². The van der Waals surface area contributed by atoms with Gasteiger partial charge >= 0.3 is 6.03 Å². The molecule has 38 heavy (non-hydrogen) atoms. The van der Waals surface area contributed by atoms with Crippen molar-refractivity contribution in [1.29, 1.82) is 0 Å². The summed E-state index contributed by atoms with van der Waals surface area (Å²) in [4.78, 5) is 19.7. The Hall–Kier alpha value is -3.52. The van der Waals surface area contributed by atoms with E-state index in [1.165, 1.54) is 17.0 Å². The average Bonchev–Trinajstić information content (AvgIpc) is 2.88. The predicted molar refractivity (Wildman–Crippen MR) is 159 cm³/mol. The van der Waals surface area contributed by atoms with Gasteiger partial charge in [-0.3, -0.25) is 4.90 Å². The van der Waals surface area contributed by atoms with E-state index in [1.54, 1.807) is 12.1 Å². The minimum Gasteiger partial charge on any atom is -0.372 e. The molecule has 0 aliphatic heterocycles. The zero-order valence-corrected chi connectivity index (χ0v) is 24.4. The highest BCUT2D eigenvalue weighted by molar-refractivity contribution is 7.90. The molecule has 8 heteroatoms. The Labute approximate surface area is 228 Å². The molecule has 0 spiro atoms. The number of nitrogens with one attached hydrogen (secondary N) is 1. The van der Waals surface area contributed by atoms with Crippen molar-refractivity contribution in [2.75, 3.05) is 40.9 Å². The number of aryl methyl sites for hydroxylation is 3. The van der Waals surface area contributed by atoms with Gasteiger partial charge in [0.2, 0.25) is 0 Å². The van der Waals surface area contributed by atoms with E-state index in [4.69, 9.17) is 0 Å². The van der Waals surface area contributed by atoms with Crippen LogP contribution in [-0.4, -0.2) is 40.6 Å². The minimum atomic E-state index is -4.08. The molecule has 0 atom stereocenters. The molecule has 0 saturated carbocycles. The summed E-state index contributed by atoms with van der Waals surface area (Å²) < 4.78 is 28.6. The van der Waals surface area contributed by atoms with E-state index in [-0.39, 0.29) is 4.90 Å². The number of carbonyl (C=O) groups is 1. The van der Waals surface area contributed by atoms with E-state index in [9.17, 15) is 13.2 Å². The molecule has 0 unspecified atom stereocenters. The number of amides is 2. The third-order valence-electron chi connectivity index (χ3n) is 6.86. The van der Waals surface area contributed by atoms with Gasteiger partial charge < -0.3 is 9.80 Å². The summed E-state index contributed by atoms with van der Waals surface area (Å²) in [5.74, 6) is 0. The molecule has 3 aromatic carbocycles. The van der Waals surface area contributed by atoms with E-state index < -0.39 is 16.1 Å². The summed E-state index contributed by atoms with van der Waals surface area (Å²) in [6.45, 7) is 17.6. The lowest BCUT2D eigenvalue weighted by Crippen LogP contribution is -2.41. The molecule has 2 amide bonds. The molecule has 0 fully saturated rings. The topological polar surface area (TPSA) is 73.0 Å². The van der Waals surface area contributed by atoms with Crippen LogP contribution in [0.25, 0.3) is 0 Å². The van der Waals surface area contributed by atoms with Crippen LogP contribution in [0, 0.1) is 20.8 Å². The zero-order chi connectivity index (χ0) is 28.0. The Morgan fingerprint density at radius 1 is 0.684 bits per heavy atom. The van der Waals surface area contributed by atoms with Crippen molar-refractivity contribution in [1.82, 2.24) is 4.72 Å². The first-order valence-electron chi connectivity index (χ1n) is 13.2. The molecule has 1 N–H and O–H groups in total. The largest absolute Gasteiger partial charge is 0.372 e. The SMILES string of the molecule is CCN(CC)c1ccc(N(C(=O)NS(=O)(=O)c2ccc(C)cc2)c2ccc(N(CC)CC)cc2C)c(C)c1.